The molecule has 0 saturated carbocycles. The van der Waals surface area contributed by atoms with E-state index in [4.69, 9.17) is 0 Å². The summed E-state index contributed by atoms with van der Waals surface area (Å²) in [6, 6.07) is 0.606. The zero-order chi connectivity index (χ0) is 11.5. The number of nitrogens with one attached hydrogen (secondary N) is 2. The molecule has 1 rings (SSSR count). The number of carbonyl (C=O) groups is 1. The van der Waals surface area contributed by atoms with E-state index in [1.807, 2.05) is 0 Å². The first kappa shape index (κ1) is 11.9. The van der Waals surface area contributed by atoms with Crippen molar-refractivity contribution in [2.75, 3.05) is 0 Å². The highest BCUT2D eigenvalue weighted by atomic mass is 32.2. The van der Waals surface area contributed by atoms with Crippen molar-refractivity contribution in [3.05, 3.63) is 12.3 Å². The fourth-order valence-corrected chi connectivity index (χ4v) is 2.20. The summed E-state index contributed by atoms with van der Waals surface area (Å²) in [5, 5.41) is 5.82. The van der Waals surface area contributed by atoms with Gasteiger partial charge in [-0.3, -0.25) is 9.89 Å². The first-order valence-electron chi connectivity index (χ1n) is 4.51. The molecule has 0 amide bonds. The molecule has 0 bridgehead atoms. The third-order valence-corrected chi connectivity index (χ3v) is 3.40. The standard InChI is InChI=1S/C8H13N3O3S/c1-3-7(12)6(2)11-15(13,14)8-4-5-9-10-8/h4-6,11H,3H2,1-2H3,(H,9,10). The van der Waals surface area contributed by atoms with Crippen molar-refractivity contribution in [3.8, 4) is 0 Å². The Labute approximate surface area is 88.1 Å². The second kappa shape index (κ2) is 4.54. The molecule has 1 unspecified atom stereocenters. The molecule has 2 N–H and O–H groups in total. The topological polar surface area (TPSA) is 91.9 Å². The van der Waals surface area contributed by atoms with Gasteiger partial charge in [0.15, 0.2) is 5.03 Å². The highest BCUT2D eigenvalue weighted by Crippen LogP contribution is 2.04. The van der Waals surface area contributed by atoms with Crippen LogP contribution < -0.4 is 4.72 Å². The maximum absolute atomic E-state index is 11.6. The van der Waals surface area contributed by atoms with E-state index in [2.05, 4.69) is 14.9 Å². The molecule has 0 fully saturated rings. The molecule has 6 nitrogen and oxygen atoms in total. The number of hydrogen-bond acceptors (Lipinski definition) is 4. The van der Waals surface area contributed by atoms with E-state index >= 15 is 0 Å². The molecule has 0 radical (unpaired) electrons. The monoisotopic (exact) mass is 231 g/mol. The lowest BCUT2D eigenvalue weighted by Gasteiger charge is -2.10. The van der Waals surface area contributed by atoms with Crippen molar-refractivity contribution in [2.45, 2.75) is 31.3 Å². The predicted octanol–water partition coefficient (Wildman–Crippen LogP) is 0.0556. The zero-order valence-electron chi connectivity index (χ0n) is 8.52. The molecule has 0 aliphatic heterocycles. The van der Waals surface area contributed by atoms with Gasteiger partial charge in [0.05, 0.1) is 12.2 Å². The minimum Gasteiger partial charge on any atom is -0.298 e. The zero-order valence-corrected chi connectivity index (χ0v) is 9.34. The molecular formula is C8H13N3O3S. The summed E-state index contributed by atoms with van der Waals surface area (Å²) in [6.45, 7) is 3.20. The Morgan fingerprint density at radius 3 is 2.80 bits per heavy atom. The minimum absolute atomic E-state index is 0.0433. The first-order valence-corrected chi connectivity index (χ1v) is 6.00. The Bertz CT molecular complexity index is 424. The van der Waals surface area contributed by atoms with Gasteiger partial charge in [-0.2, -0.15) is 9.82 Å². The Balaban J connectivity index is 2.78. The molecule has 1 aromatic rings. The maximum atomic E-state index is 11.6. The summed E-state index contributed by atoms with van der Waals surface area (Å²) >= 11 is 0. The summed E-state index contributed by atoms with van der Waals surface area (Å²) < 4.78 is 25.4. The molecule has 1 aromatic heterocycles. The fraction of sp³-hybridized carbons (Fsp3) is 0.500. The highest BCUT2D eigenvalue weighted by molar-refractivity contribution is 7.89. The number of rotatable bonds is 5. The fourth-order valence-electron chi connectivity index (χ4n) is 1.06. The number of hydrogen-bond donors (Lipinski definition) is 2. The second-order valence-electron chi connectivity index (χ2n) is 3.08. The summed E-state index contributed by atoms with van der Waals surface area (Å²) in [7, 11) is -3.66. The van der Waals surface area contributed by atoms with Crippen LogP contribution in [-0.4, -0.2) is 30.4 Å². The van der Waals surface area contributed by atoms with Crippen LogP contribution in [0.1, 0.15) is 20.3 Å². The van der Waals surface area contributed by atoms with Gasteiger partial charge in [0.1, 0.15) is 5.78 Å². The van der Waals surface area contributed by atoms with Crippen LogP contribution in [0.2, 0.25) is 0 Å². The smallest absolute Gasteiger partial charge is 0.258 e. The van der Waals surface area contributed by atoms with Crippen LogP contribution in [0.15, 0.2) is 17.3 Å². The number of sulfonamides is 1. The van der Waals surface area contributed by atoms with E-state index in [0.29, 0.717) is 6.42 Å². The Hall–Kier alpha value is -1.21. The van der Waals surface area contributed by atoms with Crippen LogP contribution in [0.4, 0.5) is 0 Å². The number of Topliss-reactive ketones (excluding diaryl/α,β-unsaturated/α-hetero) is 1. The average Bonchev–Trinajstić information content (AvgIpc) is 2.69. The molecule has 84 valence electrons. The largest absolute Gasteiger partial charge is 0.298 e. The lowest BCUT2D eigenvalue weighted by Crippen LogP contribution is -2.38. The van der Waals surface area contributed by atoms with Crippen molar-refractivity contribution in [1.29, 1.82) is 0 Å². The van der Waals surface area contributed by atoms with Gasteiger partial charge >= 0.3 is 0 Å². The van der Waals surface area contributed by atoms with Gasteiger partial charge in [-0.1, -0.05) is 6.92 Å². The van der Waals surface area contributed by atoms with Gasteiger partial charge in [-0.25, -0.2) is 8.42 Å². The van der Waals surface area contributed by atoms with Gasteiger partial charge < -0.3 is 0 Å². The quantitative estimate of drug-likeness (QED) is 0.749. The molecule has 0 aliphatic rings. The van der Waals surface area contributed by atoms with Crippen molar-refractivity contribution in [2.24, 2.45) is 0 Å². The number of aromatic nitrogens is 2. The Morgan fingerprint density at radius 2 is 2.33 bits per heavy atom. The van der Waals surface area contributed by atoms with Crippen LogP contribution in [0.3, 0.4) is 0 Å². The highest BCUT2D eigenvalue weighted by Gasteiger charge is 2.21. The molecule has 0 saturated heterocycles. The molecule has 0 spiro atoms. The summed E-state index contributed by atoms with van der Waals surface area (Å²) in [5.74, 6) is -0.155. The minimum atomic E-state index is -3.66. The van der Waals surface area contributed by atoms with E-state index in [1.165, 1.54) is 19.2 Å². The summed E-state index contributed by atoms with van der Waals surface area (Å²) in [5.41, 5.74) is 0. The number of carbonyl (C=O) groups excluding carboxylic acids is 1. The van der Waals surface area contributed by atoms with E-state index in [9.17, 15) is 13.2 Å². The van der Waals surface area contributed by atoms with Gasteiger partial charge in [-0.15, -0.1) is 0 Å². The van der Waals surface area contributed by atoms with E-state index in [1.54, 1.807) is 6.92 Å². The Morgan fingerprint density at radius 1 is 1.67 bits per heavy atom. The number of H-pyrrole nitrogens is 1. The lowest BCUT2D eigenvalue weighted by atomic mass is 10.2. The van der Waals surface area contributed by atoms with Crippen molar-refractivity contribution < 1.29 is 13.2 Å². The van der Waals surface area contributed by atoms with Crippen LogP contribution in [0.25, 0.3) is 0 Å². The normalized spacial score (nSPS) is 13.7. The molecular weight excluding hydrogens is 218 g/mol. The molecule has 15 heavy (non-hydrogen) atoms. The molecule has 1 heterocycles. The SMILES string of the molecule is CCC(=O)C(C)NS(=O)(=O)c1ccn[nH]1. The number of nitrogens with zero attached hydrogens (tertiary/aromatic N) is 1. The molecule has 1 atom stereocenters. The lowest BCUT2D eigenvalue weighted by molar-refractivity contribution is -0.119. The summed E-state index contributed by atoms with van der Waals surface area (Å²) in [4.78, 5) is 11.2. The predicted molar refractivity (Wildman–Crippen MR) is 53.7 cm³/mol. The Kier molecular flexibility index (Phi) is 3.59. The maximum Gasteiger partial charge on any atom is 0.258 e. The van der Waals surface area contributed by atoms with Gasteiger partial charge in [0.2, 0.25) is 0 Å². The third kappa shape index (κ3) is 2.87. The number of aromatic amines is 1. The average molecular weight is 231 g/mol. The van der Waals surface area contributed by atoms with E-state index < -0.39 is 16.1 Å². The van der Waals surface area contributed by atoms with Crippen LogP contribution in [0.5, 0.6) is 0 Å². The van der Waals surface area contributed by atoms with E-state index in [0.717, 1.165) is 0 Å². The summed E-state index contributed by atoms with van der Waals surface area (Å²) in [6.07, 6.45) is 1.63. The molecule has 7 heteroatoms. The first-order chi connectivity index (χ1) is 6.97. The van der Waals surface area contributed by atoms with Gasteiger partial charge in [0, 0.05) is 6.42 Å². The van der Waals surface area contributed by atoms with Crippen molar-refractivity contribution in [3.63, 3.8) is 0 Å². The van der Waals surface area contributed by atoms with Crippen molar-refractivity contribution >= 4 is 15.8 Å². The number of ketones is 1. The van der Waals surface area contributed by atoms with Crippen LogP contribution >= 0.6 is 0 Å². The van der Waals surface area contributed by atoms with E-state index in [-0.39, 0.29) is 10.8 Å². The second-order valence-corrected chi connectivity index (χ2v) is 4.77. The van der Waals surface area contributed by atoms with Gasteiger partial charge in [-0.05, 0) is 13.0 Å². The molecule has 0 aliphatic carbocycles. The van der Waals surface area contributed by atoms with Crippen LogP contribution in [-0.2, 0) is 14.8 Å². The van der Waals surface area contributed by atoms with Crippen molar-refractivity contribution in [1.82, 2.24) is 14.9 Å². The third-order valence-electron chi connectivity index (χ3n) is 1.93. The van der Waals surface area contributed by atoms with Gasteiger partial charge in [0.25, 0.3) is 10.0 Å². The molecule has 0 aromatic carbocycles. The van der Waals surface area contributed by atoms with Crippen LogP contribution in [0, 0.1) is 0 Å².